The lowest BCUT2D eigenvalue weighted by molar-refractivity contribution is -0.134. The van der Waals surface area contributed by atoms with Gasteiger partial charge < -0.3 is 10.6 Å². The van der Waals surface area contributed by atoms with Gasteiger partial charge in [-0.1, -0.05) is 30.3 Å². The summed E-state index contributed by atoms with van der Waals surface area (Å²) in [6.07, 6.45) is 0.595. The molecule has 1 aromatic heterocycles. The highest BCUT2D eigenvalue weighted by atomic mass is 32.1. The Labute approximate surface area is 147 Å². The van der Waals surface area contributed by atoms with E-state index in [4.69, 9.17) is 5.73 Å². The van der Waals surface area contributed by atoms with Gasteiger partial charge in [-0.25, -0.2) is 4.98 Å². The van der Waals surface area contributed by atoms with Crippen LogP contribution in [0, 0.1) is 6.92 Å². The van der Waals surface area contributed by atoms with E-state index in [1.54, 1.807) is 11.3 Å². The number of carbonyl (C=O) groups excluding carboxylic acids is 1. The average Bonchev–Trinajstić information content (AvgIpc) is 3.00. The van der Waals surface area contributed by atoms with Gasteiger partial charge in [-0.05, 0) is 18.9 Å². The van der Waals surface area contributed by atoms with Gasteiger partial charge >= 0.3 is 0 Å². The topological polar surface area (TPSA) is 62.5 Å². The number of nitrogens with two attached hydrogens (primary N) is 1. The third-order valence-corrected chi connectivity index (χ3v) is 5.17. The number of hydrogen-bond acceptors (Lipinski definition) is 5. The second kappa shape index (κ2) is 7.88. The predicted molar refractivity (Wildman–Crippen MR) is 96.8 cm³/mol. The minimum atomic E-state index is -0.458. The summed E-state index contributed by atoms with van der Waals surface area (Å²) in [7, 11) is 0. The number of aryl methyl sites for hydroxylation is 1. The molecule has 1 saturated heterocycles. The van der Waals surface area contributed by atoms with Crippen molar-refractivity contribution in [1.29, 1.82) is 0 Å². The zero-order chi connectivity index (χ0) is 16.9. The molecule has 1 atom stereocenters. The summed E-state index contributed by atoms with van der Waals surface area (Å²) in [5.41, 5.74) is 8.36. The zero-order valence-corrected chi connectivity index (χ0v) is 14.8. The van der Waals surface area contributed by atoms with Crippen molar-refractivity contribution in [2.75, 3.05) is 26.2 Å². The lowest BCUT2D eigenvalue weighted by Gasteiger charge is -2.35. The second-order valence-electron chi connectivity index (χ2n) is 6.26. The number of thiazole rings is 1. The molecule has 1 aliphatic rings. The van der Waals surface area contributed by atoms with Crippen molar-refractivity contribution in [2.45, 2.75) is 25.9 Å². The molecular formula is C18H24N4OS. The van der Waals surface area contributed by atoms with Gasteiger partial charge in [-0.15, -0.1) is 11.3 Å². The van der Waals surface area contributed by atoms with E-state index in [0.29, 0.717) is 6.42 Å². The lowest BCUT2D eigenvalue weighted by atomic mass is 10.1. The quantitative estimate of drug-likeness (QED) is 0.896. The monoisotopic (exact) mass is 344 g/mol. The molecule has 0 spiro atoms. The van der Waals surface area contributed by atoms with Crippen molar-refractivity contribution in [1.82, 2.24) is 14.8 Å². The molecule has 0 aliphatic carbocycles. The maximum absolute atomic E-state index is 12.5. The van der Waals surface area contributed by atoms with Crippen molar-refractivity contribution < 1.29 is 4.79 Å². The molecule has 0 bridgehead atoms. The molecule has 0 radical (unpaired) electrons. The maximum atomic E-state index is 12.5. The van der Waals surface area contributed by atoms with Crippen LogP contribution in [-0.2, 0) is 17.8 Å². The minimum absolute atomic E-state index is 0.0583. The molecule has 1 aliphatic heterocycles. The minimum Gasteiger partial charge on any atom is -0.339 e. The van der Waals surface area contributed by atoms with Gasteiger partial charge in [0.25, 0.3) is 0 Å². The molecule has 2 aromatic rings. The first-order chi connectivity index (χ1) is 11.6. The first-order valence-corrected chi connectivity index (χ1v) is 9.21. The van der Waals surface area contributed by atoms with Crippen LogP contribution in [0.2, 0.25) is 0 Å². The van der Waals surface area contributed by atoms with Crippen LogP contribution in [0.1, 0.15) is 16.3 Å². The van der Waals surface area contributed by atoms with E-state index < -0.39 is 6.04 Å². The molecular weight excluding hydrogens is 320 g/mol. The van der Waals surface area contributed by atoms with Gasteiger partial charge in [0, 0.05) is 38.1 Å². The normalized spacial score (nSPS) is 17.0. The van der Waals surface area contributed by atoms with Gasteiger partial charge in [-0.3, -0.25) is 9.69 Å². The number of amides is 1. The number of carbonyl (C=O) groups is 1. The predicted octanol–water partition coefficient (Wildman–Crippen LogP) is 1.67. The number of piperazine rings is 1. The summed E-state index contributed by atoms with van der Waals surface area (Å²) in [5.74, 6) is 0.0583. The van der Waals surface area contributed by atoms with Crippen LogP contribution in [0.5, 0.6) is 0 Å². The van der Waals surface area contributed by atoms with E-state index in [9.17, 15) is 4.79 Å². The zero-order valence-electron chi connectivity index (χ0n) is 14.0. The fourth-order valence-corrected chi connectivity index (χ4v) is 3.63. The smallest absolute Gasteiger partial charge is 0.239 e. The standard InChI is InChI=1S/C18H24N4OS/c1-14-20-16(13-24-14)12-21-7-9-22(10-8-21)18(23)17(19)11-15-5-3-2-4-6-15/h2-6,13,17H,7-12,19H2,1H3/t17-/m0/s1. The fourth-order valence-electron chi connectivity index (χ4n) is 3.03. The molecule has 2 N–H and O–H groups in total. The van der Waals surface area contributed by atoms with Crippen LogP contribution in [0.25, 0.3) is 0 Å². The van der Waals surface area contributed by atoms with Crippen LogP contribution in [0.4, 0.5) is 0 Å². The Hall–Kier alpha value is -1.76. The molecule has 3 rings (SSSR count). The number of aromatic nitrogens is 1. The Morgan fingerprint density at radius 1 is 1.25 bits per heavy atom. The Bertz CT molecular complexity index is 665. The highest BCUT2D eigenvalue weighted by Gasteiger charge is 2.25. The Balaban J connectivity index is 1.47. The molecule has 6 heteroatoms. The summed E-state index contributed by atoms with van der Waals surface area (Å²) in [6, 6.07) is 9.50. The Morgan fingerprint density at radius 2 is 1.96 bits per heavy atom. The number of benzene rings is 1. The largest absolute Gasteiger partial charge is 0.339 e. The molecule has 0 unspecified atom stereocenters. The summed E-state index contributed by atoms with van der Waals surface area (Å²) < 4.78 is 0. The van der Waals surface area contributed by atoms with Crippen LogP contribution >= 0.6 is 11.3 Å². The molecule has 24 heavy (non-hydrogen) atoms. The third-order valence-electron chi connectivity index (χ3n) is 4.35. The Kier molecular flexibility index (Phi) is 5.60. The summed E-state index contributed by atoms with van der Waals surface area (Å²) in [4.78, 5) is 21.3. The number of rotatable bonds is 5. The SMILES string of the molecule is Cc1nc(CN2CCN(C(=O)[C@@H](N)Cc3ccccc3)CC2)cs1. The Morgan fingerprint density at radius 3 is 2.58 bits per heavy atom. The van der Waals surface area contributed by atoms with Gasteiger partial charge in [0.1, 0.15) is 0 Å². The summed E-state index contributed by atoms with van der Waals surface area (Å²) >= 11 is 1.68. The van der Waals surface area contributed by atoms with Crippen LogP contribution in [0.15, 0.2) is 35.7 Å². The van der Waals surface area contributed by atoms with Crippen LogP contribution < -0.4 is 5.73 Å². The molecule has 1 fully saturated rings. The highest BCUT2D eigenvalue weighted by molar-refractivity contribution is 7.09. The first-order valence-electron chi connectivity index (χ1n) is 8.33. The molecule has 128 valence electrons. The number of nitrogens with zero attached hydrogens (tertiary/aromatic N) is 3. The van der Waals surface area contributed by atoms with Gasteiger partial charge in [0.05, 0.1) is 16.7 Å². The summed E-state index contributed by atoms with van der Waals surface area (Å²) in [6.45, 7) is 6.12. The van der Waals surface area contributed by atoms with Crippen molar-refractivity contribution in [3.8, 4) is 0 Å². The fraction of sp³-hybridized carbons (Fsp3) is 0.444. The van der Waals surface area contributed by atoms with Crippen LogP contribution in [0.3, 0.4) is 0 Å². The van der Waals surface area contributed by atoms with E-state index in [0.717, 1.165) is 49.0 Å². The highest BCUT2D eigenvalue weighted by Crippen LogP contribution is 2.13. The van der Waals surface area contributed by atoms with E-state index in [-0.39, 0.29) is 5.91 Å². The van der Waals surface area contributed by atoms with Gasteiger partial charge in [-0.2, -0.15) is 0 Å². The van der Waals surface area contributed by atoms with Crippen LogP contribution in [-0.4, -0.2) is 52.9 Å². The van der Waals surface area contributed by atoms with Crippen molar-refractivity contribution in [3.63, 3.8) is 0 Å². The third kappa shape index (κ3) is 4.41. The average molecular weight is 344 g/mol. The van der Waals surface area contributed by atoms with Crippen molar-refractivity contribution in [2.24, 2.45) is 5.73 Å². The number of hydrogen-bond donors (Lipinski definition) is 1. The van der Waals surface area contributed by atoms with Gasteiger partial charge in [0.15, 0.2) is 0 Å². The first kappa shape index (κ1) is 17.1. The van der Waals surface area contributed by atoms with E-state index in [1.165, 1.54) is 0 Å². The molecule has 1 aromatic carbocycles. The molecule has 5 nitrogen and oxygen atoms in total. The molecule has 1 amide bonds. The van der Waals surface area contributed by atoms with E-state index in [2.05, 4.69) is 15.3 Å². The van der Waals surface area contributed by atoms with E-state index >= 15 is 0 Å². The second-order valence-corrected chi connectivity index (χ2v) is 7.32. The maximum Gasteiger partial charge on any atom is 0.239 e. The van der Waals surface area contributed by atoms with E-state index in [1.807, 2.05) is 42.2 Å². The molecule has 2 heterocycles. The van der Waals surface area contributed by atoms with Gasteiger partial charge in [0.2, 0.25) is 5.91 Å². The summed E-state index contributed by atoms with van der Waals surface area (Å²) in [5, 5.41) is 3.22. The van der Waals surface area contributed by atoms with Crippen molar-refractivity contribution >= 4 is 17.2 Å². The lowest BCUT2D eigenvalue weighted by Crippen LogP contribution is -2.53. The van der Waals surface area contributed by atoms with Crippen molar-refractivity contribution in [3.05, 3.63) is 52.0 Å². The molecule has 0 saturated carbocycles.